The molecule has 0 saturated heterocycles. The summed E-state index contributed by atoms with van der Waals surface area (Å²) in [4.78, 5) is 24.5. The number of hydrazone groups is 1. The Balaban J connectivity index is 1.88. The Hall–Kier alpha value is -2.31. The molecule has 2 rings (SSSR count). The highest BCUT2D eigenvalue weighted by Crippen LogP contribution is 2.15. The van der Waals surface area contributed by atoms with E-state index in [4.69, 9.17) is 11.6 Å². The first-order valence-electron chi connectivity index (χ1n) is 6.62. The highest BCUT2D eigenvalue weighted by atomic mass is 35.5. The Morgan fingerprint density at radius 3 is 2.52 bits per heavy atom. The van der Waals surface area contributed by atoms with Crippen LogP contribution < -0.4 is 10.7 Å². The Bertz CT molecular complexity index is 732. The molecule has 0 aliphatic rings. The van der Waals surface area contributed by atoms with E-state index in [1.165, 1.54) is 6.21 Å². The van der Waals surface area contributed by atoms with Crippen LogP contribution >= 0.6 is 23.4 Å². The van der Waals surface area contributed by atoms with Crippen molar-refractivity contribution < 1.29 is 9.59 Å². The number of hydrogen-bond acceptors (Lipinski definition) is 4. The molecule has 2 N–H and O–H groups in total. The zero-order valence-electron chi connectivity index (χ0n) is 12.2. The number of anilines is 1. The Kier molecular flexibility index (Phi) is 6.19. The number of nitrogens with zero attached hydrogens (tertiary/aromatic N) is 1. The maximum absolute atomic E-state index is 11.7. The van der Waals surface area contributed by atoms with E-state index in [0.29, 0.717) is 10.7 Å². The topological polar surface area (TPSA) is 70.6 Å². The first-order chi connectivity index (χ1) is 11.1. The SMILES string of the molecule is CSc1ccc(/C=N\NC(=O)C(=O)Nc2cccc(Cl)c2)cc1. The molecular weight excluding hydrogens is 334 g/mol. The second-order valence-electron chi connectivity index (χ2n) is 4.44. The van der Waals surface area contributed by atoms with Gasteiger partial charge in [-0.2, -0.15) is 5.10 Å². The van der Waals surface area contributed by atoms with Gasteiger partial charge in [0.2, 0.25) is 0 Å². The third-order valence-corrected chi connectivity index (χ3v) is 3.76. The lowest BCUT2D eigenvalue weighted by molar-refractivity contribution is -0.136. The highest BCUT2D eigenvalue weighted by Gasteiger charge is 2.12. The Morgan fingerprint density at radius 2 is 1.87 bits per heavy atom. The fourth-order valence-corrected chi connectivity index (χ4v) is 2.26. The zero-order chi connectivity index (χ0) is 16.7. The summed E-state index contributed by atoms with van der Waals surface area (Å²) in [7, 11) is 0. The van der Waals surface area contributed by atoms with Gasteiger partial charge in [0.15, 0.2) is 0 Å². The van der Waals surface area contributed by atoms with Crippen LogP contribution in [0.25, 0.3) is 0 Å². The van der Waals surface area contributed by atoms with Crippen LogP contribution in [0.15, 0.2) is 58.5 Å². The number of thioether (sulfide) groups is 1. The molecule has 2 aromatic rings. The molecule has 0 fully saturated rings. The van der Waals surface area contributed by atoms with E-state index in [2.05, 4.69) is 15.8 Å². The number of benzene rings is 2. The summed E-state index contributed by atoms with van der Waals surface area (Å²) >= 11 is 7.44. The highest BCUT2D eigenvalue weighted by molar-refractivity contribution is 7.98. The molecule has 0 atom stereocenters. The lowest BCUT2D eigenvalue weighted by Crippen LogP contribution is -2.32. The van der Waals surface area contributed by atoms with E-state index in [0.717, 1.165) is 10.5 Å². The summed E-state index contributed by atoms with van der Waals surface area (Å²) in [6.45, 7) is 0. The van der Waals surface area contributed by atoms with Gasteiger partial charge in [0.1, 0.15) is 0 Å². The van der Waals surface area contributed by atoms with E-state index in [1.54, 1.807) is 36.0 Å². The van der Waals surface area contributed by atoms with Crippen molar-refractivity contribution in [2.45, 2.75) is 4.90 Å². The summed E-state index contributed by atoms with van der Waals surface area (Å²) in [5.74, 6) is -1.68. The molecule has 23 heavy (non-hydrogen) atoms. The van der Waals surface area contributed by atoms with Crippen molar-refractivity contribution >= 4 is 47.1 Å². The fraction of sp³-hybridized carbons (Fsp3) is 0.0625. The van der Waals surface area contributed by atoms with Crippen LogP contribution in [-0.4, -0.2) is 24.3 Å². The lowest BCUT2D eigenvalue weighted by Gasteiger charge is -2.04. The normalized spacial score (nSPS) is 10.5. The van der Waals surface area contributed by atoms with Crippen LogP contribution in [0.1, 0.15) is 5.56 Å². The zero-order valence-corrected chi connectivity index (χ0v) is 13.8. The van der Waals surface area contributed by atoms with Gasteiger partial charge >= 0.3 is 11.8 Å². The van der Waals surface area contributed by atoms with Gasteiger partial charge < -0.3 is 5.32 Å². The number of rotatable bonds is 4. The number of carbonyl (C=O) groups excluding carboxylic acids is 2. The molecule has 0 aliphatic carbocycles. The molecule has 2 aromatic carbocycles. The van der Waals surface area contributed by atoms with Crippen molar-refractivity contribution in [3.8, 4) is 0 Å². The van der Waals surface area contributed by atoms with Crippen LogP contribution in [-0.2, 0) is 9.59 Å². The Labute approximate surface area is 143 Å². The smallest absolute Gasteiger partial charge is 0.318 e. The number of hydrogen-bond donors (Lipinski definition) is 2. The van der Waals surface area contributed by atoms with E-state index in [9.17, 15) is 9.59 Å². The maximum Gasteiger partial charge on any atom is 0.329 e. The van der Waals surface area contributed by atoms with Gasteiger partial charge in [0, 0.05) is 15.6 Å². The minimum absolute atomic E-state index is 0.439. The third kappa shape index (κ3) is 5.43. The monoisotopic (exact) mass is 347 g/mol. The van der Waals surface area contributed by atoms with Gasteiger partial charge in [-0.1, -0.05) is 29.8 Å². The molecule has 0 saturated carbocycles. The Morgan fingerprint density at radius 1 is 1.13 bits per heavy atom. The number of nitrogens with one attached hydrogen (secondary N) is 2. The average Bonchev–Trinajstić information content (AvgIpc) is 2.55. The minimum Gasteiger partial charge on any atom is -0.318 e. The van der Waals surface area contributed by atoms with E-state index >= 15 is 0 Å². The number of halogens is 1. The molecule has 5 nitrogen and oxygen atoms in total. The average molecular weight is 348 g/mol. The molecule has 0 radical (unpaired) electrons. The summed E-state index contributed by atoms with van der Waals surface area (Å²) in [6.07, 6.45) is 3.45. The predicted molar refractivity (Wildman–Crippen MR) is 94.0 cm³/mol. The summed E-state index contributed by atoms with van der Waals surface area (Å²) in [5.41, 5.74) is 3.43. The van der Waals surface area contributed by atoms with Crippen LogP contribution in [0.5, 0.6) is 0 Å². The lowest BCUT2D eigenvalue weighted by atomic mass is 10.2. The standard InChI is InChI=1S/C16H14ClN3O2S/c1-23-14-7-5-11(6-8-14)10-18-20-16(22)15(21)19-13-4-2-3-12(17)9-13/h2-10H,1H3,(H,19,21)(H,20,22)/b18-10-. The quantitative estimate of drug-likeness (QED) is 0.386. The molecule has 2 amide bonds. The van der Waals surface area contributed by atoms with Gasteiger partial charge in [-0.05, 0) is 42.2 Å². The summed E-state index contributed by atoms with van der Waals surface area (Å²) in [5, 5.41) is 6.66. The van der Waals surface area contributed by atoms with Crippen molar-refractivity contribution in [2.24, 2.45) is 5.10 Å². The van der Waals surface area contributed by atoms with Crippen molar-refractivity contribution in [1.29, 1.82) is 0 Å². The van der Waals surface area contributed by atoms with Crippen LogP contribution in [0, 0.1) is 0 Å². The predicted octanol–water partition coefficient (Wildman–Crippen LogP) is 3.15. The second kappa shape index (κ2) is 8.36. The minimum atomic E-state index is -0.859. The number of carbonyl (C=O) groups is 2. The van der Waals surface area contributed by atoms with Crippen LogP contribution in [0.2, 0.25) is 5.02 Å². The molecule has 0 unspecified atom stereocenters. The van der Waals surface area contributed by atoms with E-state index < -0.39 is 11.8 Å². The van der Waals surface area contributed by atoms with Crippen molar-refractivity contribution in [3.63, 3.8) is 0 Å². The molecular formula is C16H14ClN3O2S. The van der Waals surface area contributed by atoms with Gasteiger partial charge in [-0.3, -0.25) is 9.59 Å². The molecule has 118 valence electrons. The summed E-state index contributed by atoms with van der Waals surface area (Å²) in [6, 6.07) is 14.1. The van der Waals surface area contributed by atoms with Gasteiger partial charge in [0.05, 0.1) is 6.21 Å². The van der Waals surface area contributed by atoms with Crippen LogP contribution in [0.3, 0.4) is 0 Å². The first-order valence-corrected chi connectivity index (χ1v) is 8.23. The molecule has 0 aliphatic heterocycles. The van der Waals surface area contributed by atoms with E-state index in [-0.39, 0.29) is 0 Å². The largest absolute Gasteiger partial charge is 0.329 e. The molecule has 7 heteroatoms. The van der Waals surface area contributed by atoms with E-state index in [1.807, 2.05) is 30.5 Å². The molecule has 0 bridgehead atoms. The van der Waals surface area contributed by atoms with Gasteiger partial charge in [-0.15, -0.1) is 11.8 Å². The van der Waals surface area contributed by atoms with Crippen molar-refractivity contribution in [2.75, 3.05) is 11.6 Å². The summed E-state index contributed by atoms with van der Waals surface area (Å²) < 4.78 is 0. The molecule has 0 spiro atoms. The maximum atomic E-state index is 11.7. The first kappa shape index (κ1) is 17.1. The molecule has 0 heterocycles. The van der Waals surface area contributed by atoms with Gasteiger partial charge in [0.25, 0.3) is 0 Å². The fourth-order valence-electron chi connectivity index (χ4n) is 1.66. The van der Waals surface area contributed by atoms with Crippen LogP contribution in [0.4, 0.5) is 5.69 Å². The third-order valence-electron chi connectivity index (χ3n) is 2.78. The van der Waals surface area contributed by atoms with Crippen molar-refractivity contribution in [1.82, 2.24) is 5.43 Å². The molecule has 0 aromatic heterocycles. The number of amides is 2. The second-order valence-corrected chi connectivity index (χ2v) is 5.75. The van der Waals surface area contributed by atoms with Gasteiger partial charge in [-0.25, -0.2) is 5.43 Å². The van der Waals surface area contributed by atoms with Crippen molar-refractivity contribution in [3.05, 3.63) is 59.1 Å².